The highest BCUT2D eigenvalue weighted by molar-refractivity contribution is 7.14. The van der Waals surface area contributed by atoms with Crippen molar-refractivity contribution >= 4 is 23.2 Å². The van der Waals surface area contributed by atoms with Gasteiger partial charge in [-0.3, -0.25) is 9.59 Å². The molecule has 5 nitrogen and oxygen atoms in total. The van der Waals surface area contributed by atoms with E-state index < -0.39 is 0 Å². The van der Waals surface area contributed by atoms with Crippen LogP contribution in [0.25, 0.3) is 0 Å². The highest BCUT2D eigenvalue weighted by atomic mass is 32.1. The predicted octanol–water partition coefficient (Wildman–Crippen LogP) is 2.63. The van der Waals surface area contributed by atoms with Crippen molar-refractivity contribution in [2.45, 2.75) is 51.6 Å². The Hall–Kier alpha value is -1.40. The first-order valence-electron chi connectivity index (χ1n) is 8.91. The summed E-state index contributed by atoms with van der Waals surface area (Å²) >= 11 is 1.43. The van der Waals surface area contributed by atoms with Gasteiger partial charge in [-0.1, -0.05) is 0 Å². The summed E-state index contributed by atoms with van der Waals surface area (Å²) in [5.41, 5.74) is 5.36. The molecule has 1 aromatic heterocycles. The SMILES string of the molecule is CC(C)N1CCC(C(=O)N2CCC[C@H]2c2ccc(C(N)=O)s2)CC1. The van der Waals surface area contributed by atoms with Crippen LogP contribution in [0.15, 0.2) is 12.1 Å². The van der Waals surface area contributed by atoms with E-state index in [9.17, 15) is 9.59 Å². The van der Waals surface area contributed by atoms with E-state index in [1.54, 1.807) is 6.07 Å². The number of hydrogen-bond acceptors (Lipinski definition) is 4. The summed E-state index contributed by atoms with van der Waals surface area (Å²) in [6.07, 6.45) is 3.93. The lowest BCUT2D eigenvalue weighted by Gasteiger charge is -2.36. The molecule has 2 aliphatic heterocycles. The third-order valence-electron chi connectivity index (χ3n) is 5.34. The van der Waals surface area contributed by atoms with Gasteiger partial charge in [0.25, 0.3) is 5.91 Å². The molecular weight excluding hydrogens is 322 g/mol. The number of hydrogen-bond donors (Lipinski definition) is 1. The van der Waals surface area contributed by atoms with E-state index in [0.717, 1.165) is 50.2 Å². The molecule has 2 aliphatic rings. The molecule has 2 amide bonds. The average Bonchev–Trinajstić information content (AvgIpc) is 3.23. The van der Waals surface area contributed by atoms with E-state index in [2.05, 4.69) is 18.7 Å². The first kappa shape index (κ1) is 17.4. The molecule has 1 atom stereocenters. The van der Waals surface area contributed by atoms with Crippen molar-refractivity contribution in [3.05, 3.63) is 21.9 Å². The van der Waals surface area contributed by atoms with Gasteiger partial charge in [0.2, 0.25) is 5.91 Å². The van der Waals surface area contributed by atoms with E-state index in [-0.39, 0.29) is 17.9 Å². The van der Waals surface area contributed by atoms with Gasteiger partial charge in [0.1, 0.15) is 0 Å². The van der Waals surface area contributed by atoms with Crippen molar-refractivity contribution in [3.8, 4) is 0 Å². The van der Waals surface area contributed by atoms with E-state index in [4.69, 9.17) is 5.73 Å². The maximum absolute atomic E-state index is 13.0. The summed E-state index contributed by atoms with van der Waals surface area (Å²) in [6.45, 7) is 7.28. The van der Waals surface area contributed by atoms with Crippen LogP contribution in [-0.2, 0) is 4.79 Å². The van der Waals surface area contributed by atoms with Crippen LogP contribution in [0.5, 0.6) is 0 Å². The normalized spacial score (nSPS) is 23.1. The standard InChI is InChI=1S/C18H27N3O2S/c1-12(2)20-10-7-13(8-11-20)18(23)21-9-3-4-14(21)15-5-6-16(24-15)17(19)22/h5-6,12-14H,3-4,7-11H2,1-2H3,(H2,19,22)/t14-/m0/s1. The van der Waals surface area contributed by atoms with Gasteiger partial charge in [-0.2, -0.15) is 0 Å². The molecule has 132 valence electrons. The minimum Gasteiger partial charge on any atom is -0.365 e. The Labute approximate surface area is 147 Å². The summed E-state index contributed by atoms with van der Waals surface area (Å²) in [5.74, 6) is 0.0642. The fourth-order valence-electron chi connectivity index (χ4n) is 3.89. The van der Waals surface area contributed by atoms with Crippen LogP contribution in [0.2, 0.25) is 0 Å². The summed E-state index contributed by atoms with van der Waals surface area (Å²) < 4.78 is 0. The first-order valence-corrected chi connectivity index (χ1v) is 9.73. The first-order chi connectivity index (χ1) is 11.5. The number of likely N-dealkylation sites (tertiary alicyclic amines) is 2. The molecular formula is C18H27N3O2S. The van der Waals surface area contributed by atoms with Crippen LogP contribution in [0.1, 0.15) is 60.1 Å². The van der Waals surface area contributed by atoms with Crippen molar-refractivity contribution in [1.82, 2.24) is 9.80 Å². The monoisotopic (exact) mass is 349 g/mol. The number of primary amides is 1. The summed E-state index contributed by atoms with van der Waals surface area (Å²) in [6, 6.07) is 4.42. The molecule has 0 radical (unpaired) electrons. The lowest BCUT2D eigenvalue weighted by Crippen LogP contribution is -2.44. The summed E-state index contributed by atoms with van der Waals surface area (Å²) in [5, 5.41) is 0. The maximum Gasteiger partial charge on any atom is 0.258 e. The number of carbonyl (C=O) groups is 2. The molecule has 24 heavy (non-hydrogen) atoms. The minimum absolute atomic E-state index is 0.124. The minimum atomic E-state index is -0.386. The fraction of sp³-hybridized carbons (Fsp3) is 0.667. The van der Waals surface area contributed by atoms with Crippen molar-refractivity contribution in [2.24, 2.45) is 11.7 Å². The number of piperidine rings is 1. The van der Waals surface area contributed by atoms with E-state index in [1.807, 2.05) is 11.0 Å². The number of amides is 2. The molecule has 0 bridgehead atoms. The van der Waals surface area contributed by atoms with Gasteiger partial charge in [-0.25, -0.2) is 0 Å². The third-order valence-corrected chi connectivity index (χ3v) is 6.54. The molecule has 6 heteroatoms. The second-order valence-electron chi connectivity index (χ2n) is 7.16. The average molecular weight is 350 g/mol. The van der Waals surface area contributed by atoms with Crippen LogP contribution in [0.3, 0.4) is 0 Å². The zero-order valence-electron chi connectivity index (χ0n) is 14.5. The van der Waals surface area contributed by atoms with Crippen LogP contribution < -0.4 is 5.73 Å². The van der Waals surface area contributed by atoms with Gasteiger partial charge in [-0.05, 0) is 64.8 Å². The Bertz CT molecular complexity index is 605. The van der Waals surface area contributed by atoms with Crippen LogP contribution in [0, 0.1) is 5.92 Å². The van der Waals surface area contributed by atoms with Gasteiger partial charge in [-0.15, -0.1) is 11.3 Å². The van der Waals surface area contributed by atoms with E-state index in [1.165, 1.54) is 11.3 Å². The number of nitrogens with two attached hydrogens (primary N) is 1. The zero-order chi connectivity index (χ0) is 17.3. The van der Waals surface area contributed by atoms with Crippen molar-refractivity contribution in [3.63, 3.8) is 0 Å². The third kappa shape index (κ3) is 3.49. The summed E-state index contributed by atoms with van der Waals surface area (Å²) in [7, 11) is 0. The second kappa shape index (κ2) is 7.23. The zero-order valence-corrected chi connectivity index (χ0v) is 15.3. The number of rotatable bonds is 4. The molecule has 3 heterocycles. The van der Waals surface area contributed by atoms with Crippen molar-refractivity contribution < 1.29 is 9.59 Å². The van der Waals surface area contributed by atoms with Crippen LogP contribution >= 0.6 is 11.3 Å². The Morgan fingerprint density at radius 1 is 1.17 bits per heavy atom. The smallest absolute Gasteiger partial charge is 0.258 e. The molecule has 0 aliphatic carbocycles. The predicted molar refractivity (Wildman–Crippen MR) is 96.0 cm³/mol. The fourth-order valence-corrected chi connectivity index (χ4v) is 4.90. The Balaban J connectivity index is 1.66. The molecule has 0 saturated carbocycles. The Morgan fingerprint density at radius 2 is 1.88 bits per heavy atom. The van der Waals surface area contributed by atoms with Gasteiger partial charge >= 0.3 is 0 Å². The highest BCUT2D eigenvalue weighted by Gasteiger charge is 2.36. The number of thiophene rings is 1. The van der Waals surface area contributed by atoms with Crippen molar-refractivity contribution in [2.75, 3.05) is 19.6 Å². The highest BCUT2D eigenvalue weighted by Crippen LogP contribution is 2.37. The lowest BCUT2D eigenvalue weighted by atomic mass is 9.94. The molecule has 2 saturated heterocycles. The van der Waals surface area contributed by atoms with Gasteiger partial charge in [0.05, 0.1) is 10.9 Å². The summed E-state index contributed by atoms with van der Waals surface area (Å²) in [4.78, 5) is 30.5. The number of carbonyl (C=O) groups excluding carboxylic acids is 2. The molecule has 0 spiro atoms. The van der Waals surface area contributed by atoms with E-state index in [0.29, 0.717) is 16.8 Å². The van der Waals surface area contributed by atoms with Gasteiger partial charge < -0.3 is 15.5 Å². The molecule has 1 aromatic rings. The van der Waals surface area contributed by atoms with Gasteiger partial charge in [0.15, 0.2) is 0 Å². The van der Waals surface area contributed by atoms with Gasteiger partial charge in [0, 0.05) is 23.4 Å². The van der Waals surface area contributed by atoms with Crippen LogP contribution in [0.4, 0.5) is 0 Å². The topological polar surface area (TPSA) is 66.6 Å². The van der Waals surface area contributed by atoms with Crippen LogP contribution in [-0.4, -0.2) is 47.3 Å². The molecule has 0 aromatic carbocycles. The Kier molecular flexibility index (Phi) is 5.25. The second-order valence-corrected chi connectivity index (χ2v) is 8.28. The largest absolute Gasteiger partial charge is 0.365 e. The molecule has 0 unspecified atom stereocenters. The van der Waals surface area contributed by atoms with Crippen molar-refractivity contribution in [1.29, 1.82) is 0 Å². The maximum atomic E-state index is 13.0. The quantitative estimate of drug-likeness (QED) is 0.909. The molecule has 3 rings (SSSR count). The Morgan fingerprint density at radius 3 is 2.46 bits per heavy atom. The molecule has 2 fully saturated rings. The molecule has 2 N–H and O–H groups in total. The lowest BCUT2D eigenvalue weighted by molar-refractivity contribution is -0.138. The van der Waals surface area contributed by atoms with E-state index >= 15 is 0 Å². The number of nitrogens with zero attached hydrogens (tertiary/aromatic N) is 2.